The molecular formula is C15H25N3S. The van der Waals surface area contributed by atoms with Crippen molar-refractivity contribution >= 4 is 11.3 Å². The lowest BCUT2D eigenvalue weighted by molar-refractivity contribution is 0.00323. The molecule has 2 atom stereocenters. The third kappa shape index (κ3) is 3.01. The van der Waals surface area contributed by atoms with Gasteiger partial charge in [0.2, 0.25) is 0 Å². The molecular weight excluding hydrogens is 254 g/mol. The zero-order valence-electron chi connectivity index (χ0n) is 12.1. The van der Waals surface area contributed by atoms with Crippen LogP contribution in [0.1, 0.15) is 43.3 Å². The van der Waals surface area contributed by atoms with E-state index in [2.05, 4.69) is 34.0 Å². The first-order valence-corrected chi connectivity index (χ1v) is 8.53. The van der Waals surface area contributed by atoms with Gasteiger partial charge in [-0.15, -0.1) is 11.3 Å². The molecule has 0 bridgehead atoms. The summed E-state index contributed by atoms with van der Waals surface area (Å²) in [4.78, 5) is 10.1. The van der Waals surface area contributed by atoms with E-state index >= 15 is 0 Å². The molecule has 0 radical (unpaired) electrons. The Hall–Kier alpha value is -0.450. The van der Waals surface area contributed by atoms with Gasteiger partial charge in [0, 0.05) is 36.2 Å². The first-order valence-electron chi connectivity index (χ1n) is 7.65. The van der Waals surface area contributed by atoms with Crippen molar-refractivity contribution < 1.29 is 0 Å². The molecule has 2 aliphatic rings. The van der Waals surface area contributed by atoms with E-state index < -0.39 is 0 Å². The van der Waals surface area contributed by atoms with Crippen LogP contribution in [0.4, 0.5) is 0 Å². The number of fused-ring (bicyclic) bond motifs is 1. The minimum Gasteiger partial charge on any atom is -0.298 e. The summed E-state index contributed by atoms with van der Waals surface area (Å²) >= 11 is 1.82. The van der Waals surface area contributed by atoms with Crippen molar-refractivity contribution in [1.29, 1.82) is 0 Å². The molecule has 0 spiro atoms. The van der Waals surface area contributed by atoms with Crippen LogP contribution in [0, 0.1) is 6.92 Å². The van der Waals surface area contributed by atoms with Crippen molar-refractivity contribution in [3.63, 3.8) is 0 Å². The first kappa shape index (κ1) is 13.5. The van der Waals surface area contributed by atoms with Gasteiger partial charge in [-0.25, -0.2) is 4.98 Å². The van der Waals surface area contributed by atoms with Gasteiger partial charge >= 0.3 is 0 Å². The maximum Gasteiger partial charge on any atom is 0.107 e. The Morgan fingerprint density at radius 2 is 2.26 bits per heavy atom. The van der Waals surface area contributed by atoms with Crippen LogP contribution in [0.5, 0.6) is 0 Å². The third-order valence-corrected chi connectivity index (χ3v) is 5.58. The molecule has 2 unspecified atom stereocenters. The van der Waals surface area contributed by atoms with Gasteiger partial charge in [-0.2, -0.15) is 0 Å². The third-order valence-electron chi connectivity index (χ3n) is 4.63. The van der Waals surface area contributed by atoms with Gasteiger partial charge in [-0.3, -0.25) is 9.80 Å². The summed E-state index contributed by atoms with van der Waals surface area (Å²) in [6, 6.07) is 1.52. The van der Waals surface area contributed by atoms with Crippen LogP contribution in [-0.4, -0.2) is 46.5 Å². The first-order chi connectivity index (χ1) is 9.26. The Kier molecular flexibility index (Phi) is 4.20. The predicted molar refractivity (Wildman–Crippen MR) is 80.6 cm³/mol. The lowest BCUT2D eigenvalue weighted by Gasteiger charge is -2.48. The highest BCUT2D eigenvalue weighted by molar-refractivity contribution is 7.09. The van der Waals surface area contributed by atoms with Gasteiger partial charge < -0.3 is 0 Å². The summed E-state index contributed by atoms with van der Waals surface area (Å²) in [5, 5.41) is 3.47. The fourth-order valence-corrected chi connectivity index (χ4v) is 4.34. The monoisotopic (exact) mass is 279 g/mol. The molecule has 3 rings (SSSR count). The fraction of sp³-hybridized carbons (Fsp3) is 0.800. The summed E-state index contributed by atoms with van der Waals surface area (Å²) in [6.45, 7) is 9.32. The van der Waals surface area contributed by atoms with Crippen LogP contribution >= 0.6 is 11.3 Å². The Morgan fingerprint density at radius 1 is 1.37 bits per heavy atom. The van der Waals surface area contributed by atoms with Gasteiger partial charge in [0.15, 0.2) is 0 Å². The summed E-state index contributed by atoms with van der Waals surface area (Å²) in [5.41, 5.74) is 1.17. The fourth-order valence-electron chi connectivity index (χ4n) is 3.54. The summed E-state index contributed by atoms with van der Waals surface area (Å²) in [7, 11) is 0. The molecule has 2 aliphatic heterocycles. The number of hydrogen-bond acceptors (Lipinski definition) is 4. The van der Waals surface area contributed by atoms with Crippen molar-refractivity contribution in [2.45, 2.75) is 58.2 Å². The van der Waals surface area contributed by atoms with Gasteiger partial charge in [0.05, 0.1) is 6.54 Å². The van der Waals surface area contributed by atoms with Gasteiger partial charge in [0.25, 0.3) is 0 Å². The van der Waals surface area contributed by atoms with Crippen molar-refractivity contribution in [1.82, 2.24) is 14.8 Å². The summed E-state index contributed by atoms with van der Waals surface area (Å²) in [6.07, 6.45) is 5.47. The van der Waals surface area contributed by atoms with Crippen LogP contribution in [0.25, 0.3) is 0 Å². The lowest BCUT2D eigenvalue weighted by atomic mass is 9.96. The minimum absolute atomic E-state index is 0.721. The Labute approximate surface area is 120 Å². The van der Waals surface area contributed by atoms with Gasteiger partial charge in [0.1, 0.15) is 5.01 Å². The molecule has 3 heterocycles. The quantitative estimate of drug-likeness (QED) is 0.848. The van der Waals surface area contributed by atoms with Crippen LogP contribution in [0.2, 0.25) is 0 Å². The van der Waals surface area contributed by atoms with Gasteiger partial charge in [-0.05, 0) is 32.7 Å². The summed E-state index contributed by atoms with van der Waals surface area (Å²) < 4.78 is 0. The Balaban J connectivity index is 1.68. The molecule has 0 aliphatic carbocycles. The molecule has 1 aromatic rings. The molecule has 0 aromatic carbocycles. The number of thiazole rings is 1. The maximum absolute atomic E-state index is 4.64. The zero-order valence-corrected chi connectivity index (χ0v) is 13.0. The number of nitrogens with zero attached hydrogens (tertiary/aromatic N) is 3. The topological polar surface area (TPSA) is 19.4 Å². The Morgan fingerprint density at radius 3 is 3.00 bits per heavy atom. The van der Waals surface area contributed by atoms with E-state index in [-0.39, 0.29) is 0 Å². The second kappa shape index (κ2) is 5.90. The molecule has 3 nitrogen and oxygen atoms in total. The molecule has 4 heteroatoms. The standard InChI is InChI=1S/C15H25N3S/c1-3-13-8-17-7-5-4-6-14(17)9-18(13)10-15-16-12(2)11-19-15/h11,13-14H,3-10H2,1-2H3. The second-order valence-electron chi connectivity index (χ2n) is 6.02. The van der Waals surface area contributed by atoms with Crippen LogP contribution in [0.3, 0.4) is 0 Å². The average molecular weight is 279 g/mol. The highest BCUT2D eigenvalue weighted by Crippen LogP contribution is 2.26. The molecule has 2 fully saturated rings. The van der Waals surface area contributed by atoms with Crippen molar-refractivity contribution in [2.24, 2.45) is 0 Å². The number of aryl methyl sites for hydroxylation is 1. The molecule has 0 saturated carbocycles. The second-order valence-corrected chi connectivity index (χ2v) is 6.96. The smallest absolute Gasteiger partial charge is 0.107 e. The number of hydrogen-bond donors (Lipinski definition) is 0. The van der Waals surface area contributed by atoms with Crippen LogP contribution < -0.4 is 0 Å². The predicted octanol–water partition coefficient (Wildman–Crippen LogP) is 2.90. The molecule has 1 aromatic heterocycles. The molecule has 106 valence electrons. The highest BCUT2D eigenvalue weighted by atomic mass is 32.1. The number of piperidine rings is 1. The average Bonchev–Trinajstić information content (AvgIpc) is 2.83. The maximum atomic E-state index is 4.64. The van der Waals surface area contributed by atoms with E-state index in [9.17, 15) is 0 Å². The van der Waals surface area contributed by atoms with E-state index in [0.29, 0.717) is 0 Å². The van der Waals surface area contributed by atoms with E-state index in [1.807, 2.05) is 11.3 Å². The van der Waals surface area contributed by atoms with Crippen LogP contribution in [0.15, 0.2) is 5.38 Å². The molecule has 2 saturated heterocycles. The van der Waals surface area contributed by atoms with E-state index in [4.69, 9.17) is 0 Å². The zero-order chi connectivity index (χ0) is 13.2. The van der Waals surface area contributed by atoms with Crippen molar-refractivity contribution in [2.75, 3.05) is 19.6 Å². The molecule has 0 N–H and O–H groups in total. The number of piperazine rings is 1. The normalized spacial score (nSPS) is 29.4. The Bertz CT molecular complexity index is 417. The van der Waals surface area contributed by atoms with E-state index in [0.717, 1.165) is 18.6 Å². The minimum atomic E-state index is 0.721. The van der Waals surface area contributed by atoms with Crippen molar-refractivity contribution in [3.8, 4) is 0 Å². The summed E-state index contributed by atoms with van der Waals surface area (Å²) in [5.74, 6) is 0. The SMILES string of the molecule is CCC1CN2CCCCC2CN1Cc1nc(C)cs1. The molecule has 19 heavy (non-hydrogen) atoms. The van der Waals surface area contributed by atoms with Crippen LogP contribution in [-0.2, 0) is 6.54 Å². The molecule has 0 amide bonds. The number of aromatic nitrogens is 1. The number of rotatable bonds is 3. The highest BCUT2D eigenvalue weighted by Gasteiger charge is 2.34. The van der Waals surface area contributed by atoms with Gasteiger partial charge in [-0.1, -0.05) is 13.3 Å². The largest absolute Gasteiger partial charge is 0.298 e. The van der Waals surface area contributed by atoms with E-state index in [1.165, 1.54) is 56.0 Å². The van der Waals surface area contributed by atoms with Crippen molar-refractivity contribution in [3.05, 3.63) is 16.1 Å². The lowest BCUT2D eigenvalue weighted by Crippen LogP contribution is -2.58. The van der Waals surface area contributed by atoms with E-state index in [1.54, 1.807) is 0 Å².